The van der Waals surface area contributed by atoms with Crippen molar-refractivity contribution >= 4 is 11.7 Å². The van der Waals surface area contributed by atoms with Gasteiger partial charge in [0.05, 0.1) is 11.9 Å². The van der Waals surface area contributed by atoms with E-state index in [1.807, 2.05) is 65.6 Å². The first-order valence-electron chi connectivity index (χ1n) is 9.45. The molecule has 0 radical (unpaired) electrons. The summed E-state index contributed by atoms with van der Waals surface area (Å²) >= 11 is 0. The molecule has 0 aliphatic carbocycles. The molecule has 2 aromatic heterocycles. The van der Waals surface area contributed by atoms with Crippen LogP contribution in [0.15, 0.2) is 73.2 Å². The van der Waals surface area contributed by atoms with Crippen molar-refractivity contribution in [2.75, 3.05) is 18.0 Å². The third-order valence-electron chi connectivity index (χ3n) is 5.13. The number of piperidine rings is 1. The summed E-state index contributed by atoms with van der Waals surface area (Å²) in [6.07, 6.45) is 7.64. The van der Waals surface area contributed by atoms with E-state index in [1.54, 1.807) is 0 Å². The Morgan fingerprint density at radius 2 is 1.74 bits per heavy atom. The van der Waals surface area contributed by atoms with Gasteiger partial charge in [0.25, 0.3) is 0 Å². The van der Waals surface area contributed by atoms with E-state index in [0.29, 0.717) is 6.54 Å². The van der Waals surface area contributed by atoms with E-state index >= 15 is 0 Å². The van der Waals surface area contributed by atoms with E-state index in [9.17, 15) is 4.79 Å². The monoisotopic (exact) mass is 360 g/mol. The van der Waals surface area contributed by atoms with Gasteiger partial charge in [0.1, 0.15) is 5.82 Å². The topological polar surface area (TPSA) is 50.2 Å². The second kappa shape index (κ2) is 8.08. The van der Waals surface area contributed by atoms with Crippen LogP contribution in [0.4, 0.5) is 5.82 Å². The number of nitrogens with zero attached hydrogens (tertiary/aromatic N) is 3. The number of aromatic nitrogens is 2. The van der Waals surface area contributed by atoms with Crippen molar-refractivity contribution in [3.05, 3.63) is 78.8 Å². The van der Waals surface area contributed by atoms with Crippen LogP contribution < -0.4 is 10.2 Å². The Kier molecular flexibility index (Phi) is 5.19. The second-order valence-electron chi connectivity index (χ2n) is 6.93. The van der Waals surface area contributed by atoms with Gasteiger partial charge in [-0.1, -0.05) is 30.3 Å². The molecule has 1 aliphatic rings. The first-order chi connectivity index (χ1) is 13.3. The molecule has 0 spiro atoms. The minimum Gasteiger partial charge on any atom is -0.357 e. The fourth-order valence-electron chi connectivity index (χ4n) is 3.52. The van der Waals surface area contributed by atoms with E-state index in [0.717, 1.165) is 43.0 Å². The quantitative estimate of drug-likeness (QED) is 0.759. The van der Waals surface area contributed by atoms with Crippen LogP contribution in [0.5, 0.6) is 0 Å². The van der Waals surface area contributed by atoms with Crippen LogP contribution in [0, 0.1) is 5.92 Å². The zero-order chi connectivity index (χ0) is 18.5. The number of benzene rings is 1. The number of anilines is 1. The van der Waals surface area contributed by atoms with Gasteiger partial charge in [-0.15, -0.1) is 0 Å². The van der Waals surface area contributed by atoms with E-state index in [2.05, 4.69) is 27.3 Å². The Labute approximate surface area is 159 Å². The standard InChI is InChI=1S/C22H24N4O/c27-22(24-16-18-6-2-1-3-7-18)19-10-14-26(15-11-19)21-9-8-20(17-23-21)25-12-4-5-13-25/h1-9,12-13,17,19H,10-11,14-16H2,(H,24,27). The zero-order valence-corrected chi connectivity index (χ0v) is 15.3. The number of hydrogen-bond acceptors (Lipinski definition) is 3. The molecule has 1 fully saturated rings. The average Bonchev–Trinajstić information content (AvgIpc) is 3.28. The SMILES string of the molecule is O=C(NCc1ccccc1)C1CCN(c2ccc(-n3cccc3)cn2)CC1. The lowest BCUT2D eigenvalue weighted by molar-refractivity contribution is -0.125. The van der Waals surface area contributed by atoms with E-state index in [1.165, 1.54) is 0 Å². The molecule has 27 heavy (non-hydrogen) atoms. The predicted octanol–water partition coefficient (Wildman–Crippen LogP) is 3.41. The maximum atomic E-state index is 12.4. The molecule has 1 N–H and O–H groups in total. The Balaban J connectivity index is 1.29. The van der Waals surface area contributed by atoms with Crippen LogP contribution in [-0.2, 0) is 11.3 Å². The first kappa shape index (κ1) is 17.3. The Morgan fingerprint density at radius 1 is 1.00 bits per heavy atom. The number of amides is 1. The summed E-state index contributed by atoms with van der Waals surface area (Å²) in [5.74, 6) is 1.23. The fourth-order valence-corrected chi connectivity index (χ4v) is 3.52. The van der Waals surface area contributed by atoms with Gasteiger partial charge in [0.2, 0.25) is 5.91 Å². The third kappa shape index (κ3) is 4.19. The molecule has 0 atom stereocenters. The van der Waals surface area contributed by atoms with E-state index in [-0.39, 0.29) is 11.8 Å². The van der Waals surface area contributed by atoms with Gasteiger partial charge in [0, 0.05) is 37.9 Å². The van der Waals surface area contributed by atoms with Gasteiger partial charge in [-0.05, 0) is 42.7 Å². The number of carbonyl (C=O) groups excluding carboxylic acids is 1. The molecule has 3 heterocycles. The fraction of sp³-hybridized carbons (Fsp3) is 0.273. The molecule has 0 bridgehead atoms. The van der Waals surface area contributed by atoms with Crippen molar-refractivity contribution in [3.8, 4) is 5.69 Å². The Hall–Kier alpha value is -3.08. The minimum absolute atomic E-state index is 0.0871. The normalized spacial score (nSPS) is 14.9. The molecule has 1 saturated heterocycles. The molecular formula is C22H24N4O. The molecular weight excluding hydrogens is 336 g/mol. The lowest BCUT2D eigenvalue weighted by Crippen LogP contribution is -2.40. The summed E-state index contributed by atoms with van der Waals surface area (Å²) < 4.78 is 2.04. The van der Waals surface area contributed by atoms with Crippen molar-refractivity contribution in [2.45, 2.75) is 19.4 Å². The predicted molar refractivity (Wildman–Crippen MR) is 107 cm³/mol. The highest BCUT2D eigenvalue weighted by Crippen LogP contribution is 2.23. The van der Waals surface area contributed by atoms with Crippen LogP contribution in [0.1, 0.15) is 18.4 Å². The van der Waals surface area contributed by atoms with Gasteiger partial charge in [-0.3, -0.25) is 4.79 Å². The molecule has 1 aromatic carbocycles. The highest BCUT2D eigenvalue weighted by molar-refractivity contribution is 5.79. The van der Waals surface area contributed by atoms with E-state index in [4.69, 9.17) is 0 Å². The summed E-state index contributed by atoms with van der Waals surface area (Å²) in [7, 11) is 0. The summed E-state index contributed by atoms with van der Waals surface area (Å²) in [6.45, 7) is 2.32. The van der Waals surface area contributed by atoms with Gasteiger partial charge in [-0.25, -0.2) is 4.98 Å². The molecule has 0 unspecified atom stereocenters. The number of nitrogens with one attached hydrogen (secondary N) is 1. The maximum absolute atomic E-state index is 12.4. The molecule has 5 nitrogen and oxygen atoms in total. The summed E-state index contributed by atoms with van der Waals surface area (Å²) in [5.41, 5.74) is 2.19. The highest BCUT2D eigenvalue weighted by Gasteiger charge is 2.25. The summed E-state index contributed by atoms with van der Waals surface area (Å²) in [6, 6.07) is 18.2. The first-order valence-corrected chi connectivity index (χ1v) is 9.45. The van der Waals surface area contributed by atoms with Crippen LogP contribution in [0.2, 0.25) is 0 Å². The van der Waals surface area contributed by atoms with Crippen LogP contribution in [-0.4, -0.2) is 28.5 Å². The number of pyridine rings is 1. The van der Waals surface area contributed by atoms with Gasteiger partial charge < -0.3 is 14.8 Å². The Bertz CT molecular complexity index is 851. The number of rotatable bonds is 5. The van der Waals surface area contributed by atoms with Crippen molar-refractivity contribution in [1.82, 2.24) is 14.9 Å². The third-order valence-corrected chi connectivity index (χ3v) is 5.13. The highest BCUT2D eigenvalue weighted by atomic mass is 16.1. The minimum atomic E-state index is 0.0871. The molecule has 0 saturated carbocycles. The second-order valence-corrected chi connectivity index (χ2v) is 6.93. The van der Waals surface area contributed by atoms with Gasteiger partial charge >= 0.3 is 0 Å². The Morgan fingerprint density at radius 3 is 2.41 bits per heavy atom. The lowest BCUT2D eigenvalue weighted by atomic mass is 9.96. The molecule has 4 rings (SSSR count). The van der Waals surface area contributed by atoms with Crippen LogP contribution in [0.3, 0.4) is 0 Å². The molecule has 5 heteroatoms. The van der Waals surface area contributed by atoms with Gasteiger partial charge in [0.15, 0.2) is 0 Å². The average molecular weight is 360 g/mol. The van der Waals surface area contributed by atoms with Crippen molar-refractivity contribution in [3.63, 3.8) is 0 Å². The smallest absolute Gasteiger partial charge is 0.223 e. The molecule has 1 amide bonds. The summed E-state index contributed by atoms with van der Waals surface area (Å²) in [5, 5.41) is 3.07. The van der Waals surface area contributed by atoms with Crippen molar-refractivity contribution in [1.29, 1.82) is 0 Å². The van der Waals surface area contributed by atoms with Crippen molar-refractivity contribution in [2.24, 2.45) is 5.92 Å². The molecule has 138 valence electrons. The largest absolute Gasteiger partial charge is 0.357 e. The molecule has 1 aliphatic heterocycles. The summed E-state index contributed by atoms with van der Waals surface area (Å²) in [4.78, 5) is 19.3. The van der Waals surface area contributed by atoms with Crippen LogP contribution >= 0.6 is 0 Å². The van der Waals surface area contributed by atoms with E-state index < -0.39 is 0 Å². The lowest BCUT2D eigenvalue weighted by Gasteiger charge is -2.32. The number of carbonyl (C=O) groups is 1. The maximum Gasteiger partial charge on any atom is 0.223 e. The number of hydrogen-bond donors (Lipinski definition) is 1. The van der Waals surface area contributed by atoms with Crippen molar-refractivity contribution < 1.29 is 4.79 Å². The zero-order valence-electron chi connectivity index (χ0n) is 15.3. The molecule has 3 aromatic rings. The van der Waals surface area contributed by atoms with Crippen LogP contribution in [0.25, 0.3) is 5.69 Å². The van der Waals surface area contributed by atoms with Gasteiger partial charge in [-0.2, -0.15) is 0 Å².